The first kappa shape index (κ1) is 9.02. The molecule has 2 aromatic heterocycles. The highest BCUT2D eigenvalue weighted by molar-refractivity contribution is 6.30. The third-order valence-corrected chi connectivity index (χ3v) is 1.98. The quantitative estimate of drug-likeness (QED) is 0.812. The first-order valence-electron chi connectivity index (χ1n) is 4.18. The molecule has 0 bridgehead atoms. The molecule has 0 unspecified atom stereocenters. The molecule has 0 aliphatic carbocycles. The maximum absolute atomic E-state index is 5.71. The van der Waals surface area contributed by atoms with Crippen LogP contribution >= 0.6 is 11.6 Å². The Kier molecular flexibility index (Phi) is 2.65. The molecule has 5 heteroatoms. The fraction of sp³-hybridized carbons (Fsp3) is 0.111. The molecule has 2 heterocycles. The molecule has 0 atom stereocenters. The zero-order valence-corrected chi connectivity index (χ0v) is 8.12. The summed E-state index contributed by atoms with van der Waals surface area (Å²) < 4.78 is 0. The summed E-state index contributed by atoms with van der Waals surface area (Å²) in [6.07, 6.45) is 5.21. The van der Waals surface area contributed by atoms with Gasteiger partial charge in [0.1, 0.15) is 5.82 Å². The number of H-pyrrole nitrogens is 1. The van der Waals surface area contributed by atoms with Crippen molar-refractivity contribution in [1.82, 2.24) is 15.2 Å². The van der Waals surface area contributed by atoms with E-state index in [2.05, 4.69) is 20.5 Å². The molecule has 0 saturated carbocycles. The third kappa shape index (κ3) is 2.23. The van der Waals surface area contributed by atoms with Crippen LogP contribution in [0, 0.1) is 0 Å². The second kappa shape index (κ2) is 4.11. The van der Waals surface area contributed by atoms with Crippen LogP contribution in [0.15, 0.2) is 30.7 Å². The second-order valence-corrected chi connectivity index (χ2v) is 3.26. The highest BCUT2D eigenvalue weighted by Gasteiger charge is 1.95. The lowest BCUT2D eigenvalue weighted by Gasteiger charge is -2.02. The molecular formula is C9H9ClN4. The molecule has 4 nitrogen and oxygen atoms in total. The van der Waals surface area contributed by atoms with E-state index in [4.69, 9.17) is 11.6 Å². The van der Waals surface area contributed by atoms with E-state index < -0.39 is 0 Å². The minimum Gasteiger partial charge on any atom is -0.366 e. The summed E-state index contributed by atoms with van der Waals surface area (Å²) in [7, 11) is 0. The van der Waals surface area contributed by atoms with Crippen LogP contribution in [-0.2, 0) is 6.54 Å². The SMILES string of the molecule is Clc1ccc(NCc2cn[nH]c2)nc1. The zero-order chi connectivity index (χ0) is 9.80. The lowest BCUT2D eigenvalue weighted by molar-refractivity contribution is 1.09. The Morgan fingerprint density at radius 2 is 2.29 bits per heavy atom. The topological polar surface area (TPSA) is 53.6 Å². The molecule has 0 aliphatic rings. The van der Waals surface area contributed by atoms with Crippen LogP contribution in [0.2, 0.25) is 5.02 Å². The van der Waals surface area contributed by atoms with Crippen molar-refractivity contribution >= 4 is 17.4 Å². The number of pyridine rings is 1. The van der Waals surface area contributed by atoms with E-state index in [0.717, 1.165) is 11.4 Å². The van der Waals surface area contributed by atoms with Crippen LogP contribution in [0.1, 0.15) is 5.56 Å². The van der Waals surface area contributed by atoms with E-state index in [1.165, 1.54) is 0 Å². The van der Waals surface area contributed by atoms with E-state index in [1.54, 1.807) is 18.5 Å². The molecule has 0 amide bonds. The number of aromatic nitrogens is 3. The standard InChI is InChI=1S/C9H9ClN4/c10-8-1-2-9(12-6-8)11-3-7-4-13-14-5-7/h1-2,4-6H,3H2,(H,11,12)(H,13,14). The molecule has 0 spiro atoms. The Labute approximate surface area is 86.3 Å². The van der Waals surface area contributed by atoms with Gasteiger partial charge in [0.15, 0.2) is 0 Å². The number of hydrogen-bond donors (Lipinski definition) is 2. The van der Waals surface area contributed by atoms with E-state index in [0.29, 0.717) is 11.6 Å². The minimum atomic E-state index is 0.638. The van der Waals surface area contributed by atoms with Gasteiger partial charge in [0.25, 0.3) is 0 Å². The van der Waals surface area contributed by atoms with Crippen molar-refractivity contribution < 1.29 is 0 Å². The summed E-state index contributed by atoms with van der Waals surface area (Å²) in [5.41, 5.74) is 1.08. The molecule has 0 fully saturated rings. The van der Waals surface area contributed by atoms with E-state index in [9.17, 15) is 0 Å². The van der Waals surface area contributed by atoms with E-state index in [1.807, 2.05) is 12.3 Å². The summed E-state index contributed by atoms with van der Waals surface area (Å²) >= 11 is 5.71. The lowest BCUT2D eigenvalue weighted by atomic mass is 10.3. The number of anilines is 1. The van der Waals surface area contributed by atoms with Crippen molar-refractivity contribution in [3.63, 3.8) is 0 Å². The normalized spacial score (nSPS) is 10.1. The Hall–Kier alpha value is -1.55. The summed E-state index contributed by atoms with van der Waals surface area (Å²) in [5.74, 6) is 0.801. The van der Waals surface area contributed by atoms with Crippen molar-refractivity contribution in [3.05, 3.63) is 41.3 Å². The van der Waals surface area contributed by atoms with Crippen molar-refractivity contribution in [1.29, 1.82) is 0 Å². The molecule has 14 heavy (non-hydrogen) atoms. The predicted octanol–water partition coefficient (Wildman–Crippen LogP) is 2.07. The van der Waals surface area contributed by atoms with Gasteiger partial charge in [0, 0.05) is 24.5 Å². The summed E-state index contributed by atoms with van der Waals surface area (Å²) in [6, 6.07) is 3.63. The van der Waals surface area contributed by atoms with Crippen LogP contribution in [0.5, 0.6) is 0 Å². The fourth-order valence-corrected chi connectivity index (χ4v) is 1.16. The van der Waals surface area contributed by atoms with Gasteiger partial charge in [-0.05, 0) is 12.1 Å². The summed E-state index contributed by atoms with van der Waals surface area (Å²) in [4.78, 5) is 4.10. The Bertz CT molecular complexity index is 382. The van der Waals surface area contributed by atoms with E-state index in [-0.39, 0.29) is 0 Å². The number of aromatic amines is 1. The molecule has 2 aromatic rings. The molecule has 0 aromatic carbocycles. The maximum Gasteiger partial charge on any atom is 0.126 e. The molecular weight excluding hydrogens is 200 g/mol. The first-order valence-corrected chi connectivity index (χ1v) is 4.55. The average Bonchev–Trinajstić information content (AvgIpc) is 2.70. The number of rotatable bonds is 3. The lowest BCUT2D eigenvalue weighted by Crippen LogP contribution is -1.99. The number of nitrogens with one attached hydrogen (secondary N) is 2. The second-order valence-electron chi connectivity index (χ2n) is 2.82. The van der Waals surface area contributed by atoms with Crippen molar-refractivity contribution in [3.8, 4) is 0 Å². The van der Waals surface area contributed by atoms with Crippen LogP contribution in [0.25, 0.3) is 0 Å². The number of halogens is 1. The molecule has 0 aliphatic heterocycles. The van der Waals surface area contributed by atoms with Crippen LogP contribution in [-0.4, -0.2) is 15.2 Å². The van der Waals surface area contributed by atoms with Gasteiger partial charge in [-0.1, -0.05) is 11.6 Å². The van der Waals surface area contributed by atoms with Gasteiger partial charge < -0.3 is 5.32 Å². The monoisotopic (exact) mass is 208 g/mol. The number of nitrogens with zero attached hydrogens (tertiary/aromatic N) is 2. The molecule has 0 saturated heterocycles. The van der Waals surface area contributed by atoms with Crippen molar-refractivity contribution in [2.24, 2.45) is 0 Å². The number of hydrogen-bond acceptors (Lipinski definition) is 3. The highest BCUT2D eigenvalue weighted by atomic mass is 35.5. The molecule has 2 rings (SSSR count). The summed E-state index contributed by atoms with van der Waals surface area (Å²) in [6.45, 7) is 0.700. The Balaban J connectivity index is 1.95. The van der Waals surface area contributed by atoms with Crippen LogP contribution < -0.4 is 5.32 Å². The fourth-order valence-electron chi connectivity index (χ4n) is 1.05. The molecule has 2 N–H and O–H groups in total. The zero-order valence-electron chi connectivity index (χ0n) is 7.37. The average molecular weight is 209 g/mol. The van der Waals surface area contributed by atoms with Gasteiger partial charge in [-0.2, -0.15) is 5.10 Å². The molecule has 0 radical (unpaired) electrons. The largest absolute Gasteiger partial charge is 0.366 e. The van der Waals surface area contributed by atoms with Gasteiger partial charge in [-0.25, -0.2) is 4.98 Å². The predicted molar refractivity (Wildman–Crippen MR) is 55.2 cm³/mol. The van der Waals surface area contributed by atoms with Crippen LogP contribution in [0.4, 0.5) is 5.82 Å². The smallest absolute Gasteiger partial charge is 0.126 e. The minimum absolute atomic E-state index is 0.638. The van der Waals surface area contributed by atoms with Crippen molar-refractivity contribution in [2.45, 2.75) is 6.54 Å². The van der Waals surface area contributed by atoms with Gasteiger partial charge in [-0.15, -0.1) is 0 Å². The summed E-state index contributed by atoms with van der Waals surface area (Å²) in [5, 5.41) is 10.4. The molecule has 72 valence electrons. The first-order chi connectivity index (χ1) is 6.84. The Morgan fingerprint density at radius 1 is 1.36 bits per heavy atom. The van der Waals surface area contributed by atoms with E-state index >= 15 is 0 Å². The van der Waals surface area contributed by atoms with Gasteiger partial charge in [0.2, 0.25) is 0 Å². The van der Waals surface area contributed by atoms with Crippen LogP contribution in [0.3, 0.4) is 0 Å². The van der Waals surface area contributed by atoms with Gasteiger partial charge >= 0.3 is 0 Å². The Morgan fingerprint density at radius 3 is 2.93 bits per heavy atom. The van der Waals surface area contributed by atoms with Gasteiger partial charge in [-0.3, -0.25) is 5.10 Å². The highest BCUT2D eigenvalue weighted by Crippen LogP contribution is 2.10. The third-order valence-electron chi connectivity index (χ3n) is 1.76. The van der Waals surface area contributed by atoms with Crippen molar-refractivity contribution in [2.75, 3.05) is 5.32 Å². The van der Waals surface area contributed by atoms with Gasteiger partial charge in [0.05, 0.1) is 11.2 Å². The maximum atomic E-state index is 5.71.